The Kier molecular flexibility index (Phi) is 3.04. The molecule has 0 aliphatic carbocycles. The fraction of sp³-hybridized carbons (Fsp3) is 0.133. The number of hydrazine groups is 1. The van der Waals surface area contributed by atoms with Crippen molar-refractivity contribution < 1.29 is 0 Å². The lowest BCUT2D eigenvalue weighted by molar-refractivity contribution is 1.06. The molecule has 100 valence electrons. The minimum atomic E-state index is 0.630. The lowest BCUT2D eigenvalue weighted by atomic mass is 10.1. The van der Waals surface area contributed by atoms with Crippen LogP contribution in [0.5, 0.6) is 0 Å². The first-order valence-electron chi connectivity index (χ1n) is 6.35. The van der Waals surface area contributed by atoms with Gasteiger partial charge >= 0.3 is 0 Å². The van der Waals surface area contributed by atoms with Gasteiger partial charge in [-0.25, -0.2) is 15.8 Å². The van der Waals surface area contributed by atoms with Crippen molar-refractivity contribution in [2.75, 3.05) is 5.43 Å². The Balaban J connectivity index is 2.28. The van der Waals surface area contributed by atoms with Crippen molar-refractivity contribution in [1.29, 1.82) is 0 Å². The molecule has 3 aromatic rings. The van der Waals surface area contributed by atoms with Crippen molar-refractivity contribution in [2.45, 2.75) is 13.8 Å². The van der Waals surface area contributed by atoms with E-state index in [2.05, 4.69) is 20.4 Å². The fourth-order valence-electron chi connectivity index (χ4n) is 2.18. The molecule has 2 heterocycles. The molecule has 0 atom stereocenters. The van der Waals surface area contributed by atoms with Crippen LogP contribution in [0.1, 0.15) is 11.3 Å². The number of aryl methyl sites for hydroxylation is 1. The first-order valence-corrected chi connectivity index (χ1v) is 6.35. The molecule has 0 saturated heterocycles. The summed E-state index contributed by atoms with van der Waals surface area (Å²) in [6.45, 7) is 3.88. The van der Waals surface area contributed by atoms with Crippen molar-refractivity contribution in [2.24, 2.45) is 5.84 Å². The van der Waals surface area contributed by atoms with E-state index in [1.807, 2.05) is 44.3 Å². The van der Waals surface area contributed by atoms with E-state index < -0.39 is 0 Å². The van der Waals surface area contributed by atoms with Gasteiger partial charge in [-0.1, -0.05) is 24.3 Å². The molecule has 0 spiro atoms. The number of nitrogens with one attached hydrogen (secondary N) is 1. The second kappa shape index (κ2) is 4.86. The summed E-state index contributed by atoms with van der Waals surface area (Å²) in [4.78, 5) is 13.3. The number of aromatic nitrogens is 3. The summed E-state index contributed by atoms with van der Waals surface area (Å²) < 4.78 is 0. The van der Waals surface area contributed by atoms with Gasteiger partial charge in [0.2, 0.25) is 0 Å². The molecule has 0 aliphatic heterocycles. The summed E-state index contributed by atoms with van der Waals surface area (Å²) in [5.41, 5.74) is 5.38. The van der Waals surface area contributed by atoms with Gasteiger partial charge in [0.15, 0.2) is 5.82 Å². The largest absolute Gasteiger partial charge is 0.308 e. The molecule has 0 radical (unpaired) electrons. The van der Waals surface area contributed by atoms with Crippen molar-refractivity contribution in [3.05, 3.63) is 47.9 Å². The van der Waals surface area contributed by atoms with Gasteiger partial charge < -0.3 is 5.43 Å². The van der Waals surface area contributed by atoms with E-state index in [0.29, 0.717) is 11.6 Å². The third-order valence-electron chi connectivity index (χ3n) is 3.44. The summed E-state index contributed by atoms with van der Waals surface area (Å²) in [7, 11) is 0. The van der Waals surface area contributed by atoms with E-state index in [4.69, 9.17) is 5.84 Å². The lowest BCUT2D eigenvalue weighted by Gasteiger charge is -2.10. The average molecular weight is 265 g/mol. The molecule has 5 nitrogen and oxygen atoms in total. The Morgan fingerprint density at radius 2 is 1.85 bits per heavy atom. The highest BCUT2D eigenvalue weighted by atomic mass is 15.3. The molecule has 0 bridgehead atoms. The Morgan fingerprint density at radius 1 is 1.05 bits per heavy atom. The number of hydrogen-bond donors (Lipinski definition) is 2. The number of nitrogens with zero attached hydrogens (tertiary/aromatic N) is 3. The van der Waals surface area contributed by atoms with E-state index in [1.54, 1.807) is 6.20 Å². The van der Waals surface area contributed by atoms with E-state index in [0.717, 1.165) is 27.6 Å². The molecular formula is C15H15N5. The SMILES string of the molecule is Cc1nc(-c2cncc3ccccc23)nc(NN)c1C. The number of nitrogen functional groups attached to an aromatic ring is 1. The molecule has 0 amide bonds. The monoisotopic (exact) mass is 265 g/mol. The highest BCUT2D eigenvalue weighted by molar-refractivity contribution is 5.94. The number of pyridine rings is 1. The van der Waals surface area contributed by atoms with Crippen LogP contribution in [0.3, 0.4) is 0 Å². The first kappa shape index (κ1) is 12.5. The third kappa shape index (κ3) is 1.98. The fourth-order valence-corrected chi connectivity index (χ4v) is 2.18. The Morgan fingerprint density at radius 3 is 2.65 bits per heavy atom. The number of rotatable bonds is 2. The number of fused-ring (bicyclic) bond motifs is 1. The van der Waals surface area contributed by atoms with Gasteiger partial charge in [-0.3, -0.25) is 4.98 Å². The topological polar surface area (TPSA) is 76.7 Å². The zero-order valence-corrected chi connectivity index (χ0v) is 11.4. The molecule has 0 saturated carbocycles. The smallest absolute Gasteiger partial charge is 0.164 e. The standard InChI is InChI=1S/C15H15N5/c1-9-10(2)18-15(19-14(9)20-16)13-8-17-7-11-5-3-4-6-12(11)13/h3-8H,16H2,1-2H3,(H,18,19,20). The molecule has 3 N–H and O–H groups in total. The van der Waals surface area contributed by atoms with Gasteiger partial charge in [0, 0.05) is 34.6 Å². The molecule has 20 heavy (non-hydrogen) atoms. The number of benzene rings is 1. The maximum absolute atomic E-state index is 5.52. The highest BCUT2D eigenvalue weighted by Gasteiger charge is 2.11. The van der Waals surface area contributed by atoms with Gasteiger partial charge in [0.1, 0.15) is 5.82 Å². The maximum Gasteiger partial charge on any atom is 0.164 e. The molecular weight excluding hydrogens is 250 g/mol. The maximum atomic E-state index is 5.52. The van der Waals surface area contributed by atoms with E-state index in [9.17, 15) is 0 Å². The van der Waals surface area contributed by atoms with Crippen LogP contribution in [-0.4, -0.2) is 15.0 Å². The van der Waals surface area contributed by atoms with Crippen LogP contribution < -0.4 is 11.3 Å². The molecule has 3 rings (SSSR count). The molecule has 0 unspecified atom stereocenters. The van der Waals surface area contributed by atoms with Crippen LogP contribution in [0.2, 0.25) is 0 Å². The summed E-state index contributed by atoms with van der Waals surface area (Å²) in [6.07, 6.45) is 3.62. The summed E-state index contributed by atoms with van der Waals surface area (Å²) >= 11 is 0. The number of hydrogen-bond acceptors (Lipinski definition) is 5. The number of nitrogens with two attached hydrogens (primary N) is 1. The number of anilines is 1. The Labute approximate surface area is 116 Å². The second-order valence-corrected chi connectivity index (χ2v) is 4.66. The molecule has 5 heteroatoms. The second-order valence-electron chi connectivity index (χ2n) is 4.66. The average Bonchev–Trinajstić information content (AvgIpc) is 2.49. The zero-order chi connectivity index (χ0) is 14.1. The predicted octanol–water partition coefficient (Wildman–Crippen LogP) is 2.59. The van der Waals surface area contributed by atoms with Crippen LogP contribution >= 0.6 is 0 Å². The van der Waals surface area contributed by atoms with Crippen molar-refractivity contribution in [3.63, 3.8) is 0 Å². The lowest BCUT2D eigenvalue weighted by Crippen LogP contribution is -2.12. The predicted molar refractivity (Wildman–Crippen MR) is 80.1 cm³/mol. The minimum absolute atomic E-state index is 0.630. The van der Waals surface area contributed by atoms with Crippen LogP contribution in [-0.2, 0) is 0 Å². The first-order chi connectivity index (χ1) is 9.70. The van der Waals surface area contributed by atoms with Crippen LogP contribution in [0, 0.1) is 13.8 Å². The summed E-state index contributed by atoms with van der Waals surface area (Å²) in [5.74, 6) is 6.79. The molecule has 2 aromatic heterocycles. The molecule has 0 aliphatic rings. The van der Waals surface area contributed by atoms with E-state index in [1.165, 1.54) is 0 Å². The summed E-state index contributed by atoms with van der Waals surface area (Å²) in [6, 6.07) is 8.05. The van der Waals surface area contributed by atoms with Gasteiger partial charge in [-0.2, -0.15) is 0 Å². The Hall–Kier alpha value is -2.53. The third-order valence-corrected chi connectivity index (χ3v) is 3.44. The Bertz CT molecular complexity index is 777. The quantitative estimate of drug-likeness (QED) is 0.550. The van der Waals surface area contributed by atoms with E-state index in [-0.39, 0.29) is 0 Å². The highest BCUT2D eigenvalue weighted by Crippen LogP contribution is 2.27. The van der Waals surface area contributed by atoms with Gasteiger partial charge in [0.05, 0.1) is 0 Å². The zero-order valence-electron chi connectivity index (χ0n) is 11.4. The van der Waals surface area contributed by atoms with Crippen LogP contribution in [0.4, 0.5) is 5.82 Å². The van der Waals surface area contributed by atoms with Gasteiger partial charge in [-0.05, 0) is 19.2 Å². The van der Waals surface area contributed by atoms with Crippen LogP contribution in [0.15, 0.2) is 36.7 Å². The molecule has 0 fully saturated rings. The van der Waals surface area contributed by atoms with Gasteiger partial charge in [-0.15, -0.1) is 0 Å². The summed E-state index contributed by atoms with van der Waals surface area (Å²) in [5, 5.41) is 2.14. The minimum Gasteiger partial charge on any atom is -0.308 e. The van der Waals surface area contributed by atoms with E-state index >= 15 is 0 Å². The van der Waals surface area contributed by atoms with Crippen molar-refractivity contribution >= 4 is 16.6 Å². The normalized spacial score (nSPS) is 10.8. The van der Waals surface area contributed by atoms with Gasteiger partial charge in [0.25, 0.3) is 0 Å². The van der Waals surface area contributed by atoms with Crippen molar-refractivity contribution in [3.8, 4) is 11.4 Å². The van der Waals surface area contributed by atoms with Crippen LogP contribution in [0.25, 0.3) is 22.2 Å². The molecule has 1 aromatic carbocycles. The van der Waals surface area contributed by atoms with Crippen molar-refractivity contribution in [1.82, 2.24) is 15.0 Å².